The van der Waals surface area contributed by atoms with E-state index in [1.165, 1.54) is 24.3 Å². The summed E-state index contributed by atoms with van der Waals surface area (Å²) in [5.74, 6) is 0. The first-order valence-corrected chi connectivity index (χ1v) is 11.8. The molecule has 184 valence electrons. The van der Waals surface area contributed by atoms with Crippen LogP contribution in [0.1, 0.15) is 28.7 Å². The van der Waals surface area contributed by atoms with Gasteiger partial charge in [0, 0.05) is 48.5 Å². The van der Waals surface area contributed by atoms with Gasteiger partial charge in [-0.05, 0) is 46.5 Å². The molecular formula is C29H26N4O4+2. The van der Waals surface area contributed by atoms with Crippen LogP contribution in [0.2, 0.25) is 0 Å². The highest BCUT2D eigenvalue weighted by Crippen LogP contribution is 2.15. The first-order valence-electron chi connectivity index (χ1n) is 11.8. The Morgan fingerprint density at radius 2 is 0.811 bits per heavy atom. The summed E-state index contributed by atoms with van der Waals surface area (Å²) >= 11 is 0. The van der Waals surface area contributed by atoms with E-state index in [1.807, 2.05) is 73.4 Å². The van der Waals surface area contributed by atoms with Crippen molar-refractivity contribution in [2.75, 3.05) is 0 Å². The molecule has 0 amide bonds. The molecule has 8 nitrogen and oxygen atoms in total. The average molecular weight is 495 g/mol. The second kappa shape index (κ2) is 12.1. The second-order valence-electron chi connectivity index (χ2n) is 8.46. The van der Waals surface area contributed by atoms with Crippen molar-refractivity contribution in [1.82, 2.24) is 0 Å². The molecular weight excluding hydrogens is 468 g/mol. The Morgan fingerprint density at radius 3 is 1.11 bits per heavy atom. The van der Waals surface area contributed by atoms with Gasteiger partial charge in [-0.3, -0.25) is 20.2 Å². The third kappa shape index (κ3) is 7.50. The van der Waals surface area contributed by atoms with Crippen molar-refractivity contribution in [1.29, 1.82) is 0 Å². The third-order valence-corrected chi connectivity index (χ3v) is 5.81. The molecule has 4 rings (SSSR count). The van der Waals surface area contributed by atoms with E-state index in [2.05, 4.69) is 9.13 Å². The minimum absolute atomic E-state index is 0.0866. The molecule has 0 saturated carbocycles. The minimum Gasteiger partial charge on any atom is -0.258 e. The first-order chi connectivity index (χ1) is 18.0. The number of nitro groups is 2. The Hall–Kier alpha value is -4.98. The molecule has 0 spiro atoms. The number of hydrogen-bond acceptors (Lipinski definition) is 4. The lowest BCUT2D eigenvalue weighted by atomic mass is 10.1. The van der Waals surface area contributed by atoms with E-state index < -0.39 is 9.85 Å². The molecule has 0 unspecified atom stereocenters. The molecule has 0 saturated heterocycles. The maximum Gasteiger partial charge on any atom is 0.269 e. The topological polar surface area (TPSA) is 94.0 Å². The zero-order valence-corrected chi connectivity index (χ0v) is 20.1. The van der Waals surface area contributed by atoms with Gasteiger partial charge in [-0.25, -0.2) is 9.13 Å². The molecule has 0 radical (unpaired) electrons. The molecule has 37 heavy (non-hydrogen) atoms. The standard InChI is InChI=1S/C29H26N4O4/c34-32(35)28-10-6-24(7-11-28)2-4-26-14-20-30(21-15-26)18-1-19-31-22-16-27(17-23-31)5-3-25-8-12-29(13-9-25)33(36)37/h2-17,20-23H,1,18-19H2/q+2/b4-2+,5-3+. The number of pyridine rings is 2. The van der Waals surface area contributed by atoms with Crippen molar-refractivity contribution >= 4 is 35.7 Å². The summed E-state index contributed by atoms with van der Waals surface area (Å²) in [5, 5.41) is 21.5. The highest BCUT2D eigenvalue weighted by Gasteiger charge is 2.06. The maximum atomic E-state index is 10.8. The van der Waals surface area contributed by atoms with Gasteiger partial charge in [0.1, 0.15) is 0 Å². The molecule has 0 fully saturated rings. The molecule has 0 aliphatic rings. The van der Waals surface area contributed by atoms with Crippen LogP contribution in [0.5, 0.6) is 0 Å². The zero-order valence-electron chi connectivity index (χ0n) is 20.1. The summed E-state index contributed by atoms with van der Waals surface area (Å²) in [4.78, 5) is 20.7. The molecule has 2 aromatic carbocycles. The van der Waals surface area contributed by atoms with Crippen LogP contribution in [-0.4, -0.2) is 9.85 Å². The third-order valence-electron chi connectivity index (χ3n) is 5.81. The van der Waals surface area contributed by atoms with E-state index in [1.54, 1.807) is 24.3 Å². The average Bonchev–Trinajstić information content (AvgIpc) is 2.92. The number of nitrogens with zero attached hydrogens (tertiary/aromatic N) is 4. The van der Waals surface area contributed by atoms with E-state index >= 15 is 0 Å². The van der Waals surface area contributed by atoms with Gasteiger partial charge >= 0.3 is 0 Å². The van der Waals surface area contributed by atoms with Crippen molar-refractivity contribution < 1.29 is 19.0 Å². The lowest BCUT2D eigenvalue weighted by molar-refractivity contribution is -0.726. The smallest absolute Gasteiger partial charge is 0.258 e. The molecule has 0 N–H and O–H groups in total. The molecule has 4 aromatic rings. The fourth-order valence-corrected chi connectivity index (χ4v) is 3.69. The monoisotopic (exact) mass is 494 g/mol. The van der Waals surface area contributed by atoms with E-state index in [9.17, 15) is 20.2 Å². The largest absolute Gasteiger partial charge is 0.269 e. The molecule has 2 aromatic heterocycles. The van der Waals surface area contributed by atoms with Crippen LogP contribution in [-0.2, 0) is 13.1 Å². The van der Waals surface area contributed by atoms with Crippen LogP contribution in [0.4, 0.5) is 11.4 Å². The van der Waals surface area contributed by atoms with Crippen LogP contribution in [0.25, 0.3) is 24.3 Å². The van der Waals surface area contributed by atoms with Crippen molar-refractivity contribution in [3.63, 3.8) is 0 Å². The van der Waals surface area contributed by atoms with Gasteiger partial charge in [0.2, 0.25) is 0 Å². The van der Waals surface area contributed by atoms with Crippen LogP contribution >= 0.6 is 0 Å². The predicted molar refractivity (Wildman–Crippen MR) is 142 cm³/mol. The highest BCUT2D eigenvalue weighted by atomic mass is 16.6. The zero-order chi connectivity index (χ0) is 26.0. The van der Waals surface area contributed by atoms with Gasteiger partial charge in [0.15, 0.2) is 37.9 Å². The molecule has 0 aliphatic carbocycles. The normalized spacial score (nSPS) is 11.2. The number of aromatic nitrogens is 2. The van der Waals surface area contributed by atoms with E-state index in [0.29, 0.717) is 0 Å². The number of benzene rings is 2. The summed E-state index contributed by atoms with van der Waals surface area (Å²) in [5.41, 5.74) is 4.11. The molecule has 2 heterocycles. The van der Waals surface area contributed by atoms with Crippen molar-refractivity contribution in [2.45, 2.75) is 19.5 Å². The fourth-order valence-electron chi connectivity index (χ4n) is 3.69. The molecule has 8 heteroatoms. The van der Waals surface area contributed by atoms with Crippen LogP contribution in [0.3, 0.4) is 0 Å². The minimum atomic E-state index is -0.402. The Labute approximate surface area is 214 Å². The Morgan fingerprint density at radius 1 is 0.514 bits per heavy atom. The lowest BCUT2D eigenvalue weighted by Crippen LogP contribution is -2.38. The van der Waals surface area contributed by atoms with Crippen molar-refractivity contribution in [2.24, 2.45) is 0 Å². The van der Waals surface area contributed by atoms with Crippen LogP contribution < -0.4 is 9.13 Å². The van der Waals surface area contributed by atoms with Crippen LogP contribution in [0.15, 0.2) is 97.6 Å². The van der Waals surface area contributed by atoms with Gasteiger partial charge in [0.05, 0.1) is 16.3 Å². The summed E-state index contributed by atoms with van der Waals surface area (Å²) in [6.07, 6.45) is 17.0. The highest BCUT2D eigenvalue weighted by molar-refractivity contribution is 5.70. The Balaban J connectivity index is 1.23. The summed E-state index contributed by atoms with van der Waals surface area (Å²) in [7, 11) is 0. The number of aryl methyl sites for hydroxylation is 2. The second-order valence-corrected chi connectivity index (χ2v) is 8.46. The quantitative estimate of drug-likeness (QED) is 0.165. The summed E-state index contributed by atoms with van der Waals surface area (Å²) in [6, 6.07) is 21.1. The first kappa shape index (κ1) is 25.1. The van der Waals surface area contributed by atoms with Crippen molar-refractivity contribution in [3.8, 4) is 0 Å². The number of non-ortho nitro benzene ring substituents is 2. The van der Waals surface area contributed by atoms with Crippen molar-refractivity contribution in [3.05, 3.63) is 140 Å². The maximum absolute atomic E-state index is 10.8. The van der Waals surface area contributed by atoms with Crippen LogP contribution in [0, 0.1) is 20.2 Å². The Kier molecular flexibility index (Phi) is 8.23. The molecule has 0 aliphatic heterocycles. The van der Waals surface area contributed by atoms with E-state index in [4.69, 9.17) is 0 Å². The predicted octanol–water partition coefficient (Wildman–Crippen LogP) is 5.51. The van der Waals surface area contributed by atoms with Gasteiger partial charge in [-0.1, -0.05) is 24.3 Å². The van der Waals surface area contributed by atoms with Gasteiger partial charge in [-0.2, -0.15) is 0 Å². The summed E-state index contributed by atoms with van der Waals surface area (Å²) < 4.78 is 4.29. The number of hydrogen-bond donors (Lipinski definition) is 0. The fraction of sp³-hybridized carbons (Fsp3) is 0.103. The SMILES string of the molecule is O=[N+]([O-])c1ccc(/C=C/c2cc[n+](CCC[n+]3ccc(/C=C/c4ccc([N+](=O)[O-])cc4)cc3)cc2)cc1. The Bertz CT molecular complexity index is 1300. The number of nitro benzene ring substituents is 2. The molecule has 0 atom stereocenters. The molecule has 0 bridgehead atoms. The van der Waals surface area contributed by atoms with E-state index in [-0.39, 0.29) is 11.4 Å². The van der Waals surface area contributed by atoms with Gasteiger partial charge in [-0.15, -0.1) is 0 Å². The number of rotatable bonds is 10. The van der Waals surface area contributed by atoms with Gasteiger partial charge in [0.25, 0.3) is 11.4 Å². The van der Waals surface area contributed by atoms with E-state index in [0.717, 1.165) is 41.8 Å². The van der Waals surface area contributed by atoms with Gasteiger partial charge < -0.3 is 0 Å². The lowest BCUT2D eigenvalue weighted by Gasteiger charge is -1.99. The summed E-state index contributed by atoms with van der Waals surface area (Å²) in [6.45, 7) is 1.78.